The fourth-order valence-corrected chi connectivity index (χ4v) is 2.23. The van der Waals surface area contributed by atoms with E-state index in [-0.39, 0.29) is 6.10 Å². The lowest BCUT2D eigenvalue weighted by Crippen LogP contribution is -2.22. The van der Waals surface area contributed by atoms with Crippen LogP contribution < -0.4 is 5.32 Å². The third kappa shape index (κ3) is 7.08. The second-order valence-corrected chi connectivity index (χ2v) is 5.03. The van der Waals surface area contributed by atoms with E-state index in [0.29, 0.717) is 19.8 Å². The monoisotopic (exact) mass is 273 g/mol. The number of hydrogen-bond donors (Lipinski definition) is 2. The quantitative estimate of drug-likeness (QED) is 0.604. The number of aliphatic hydroxyl groups is 1. The molecule has 2 N–H and O–H groups in total. The summed E-state index contributed by atoms with van der Waals surface area (Å²) in [5.41, 5.74) is 0. The number of aliphatic hydroxyl groups excluding tert-OH is 1. The molecule has 5 heteroatoms. The van der Waals surface area contributed by atoms with E-state index >= 15 is 0 Å². The summed E-state index contributed by atoms with van der Waals surface area (Å²) in [5.74, 6) is 0. The lowest BCUT2D eigenvalue weighted by Gasteiger charge is -2.10. The van der Waals surface area contributed by atoms with Gasteiger partial charge < -0.3 is 19.9 Å². The molecule has 0 saturated carbocycles. The van der Waals surface area contributed by atoms with Gasteiger partial charge in [-0.2, -0.15) is 0 Å². The Labute approximate surface area is 113 Å². The highest BCUT2D eigenvalue weighted by molar-refractivity contribution is 7.10. The maximum absolute atomic E-state index is 9.82. The molecule has 1 unspecified atom stereocenters. The fraction of sp³-hybridized carbons (Fsp3) is 0.692. The molecule has 0 radical (unpaired) electrons. The zero-order valence-corrected chi connectivity index (χ0v) is 11.7. The maximum atomic E-state index is 9.82. The predicted molar refractivity (Wildman–Crippen MR) is 74.1 cm³/mol. The third-order valence-electron chi connectivity index (χ3n) is 2.53. The highest BCUT2D eigenvalue weighted by atomic mass is 32.1. The van der Waals surface area contributed by atoms with Crippen LogP contribution in [0, 0.1) is 0 Å². The van der Waals surface area contributed by atoms with E-state index in [2.05, 4.69) is 5.32 Å². The van der Waals surface area contributed by atoms with Crippen molar-refractivity contribution in [2.75, 3.05) is 40.0 Å². The fourth-order valence-electron chi connectivity index (χ4n) is 1.52. The minimum atomic E-state index is -0.386. The van der Waals surface area contributed by atoms with Crippen LogP contribution in [-0.2, 0) is 9.47 Å². The van der Waals surface area contributed by atoms with E-state index in [9.17, 15) is 5.11 Å². The van der Waals surface area contributed by atoms with Crippen molar-refractivity contribution in [3.63, 3.8) is 0 Å². The Kier molecular flexibility index (Phi) is 9.06. The van der Waals surface area contributed by atoms with Gasteiger partial charge in [-0.25, -0.2) is 0 Å². The molecule has 1 aromatic heterocycles. The lowest BCUT2D eigenvalue weighted by molar-refractivity contribution is 0.0687. The Morgan fingerprint density at radius 1 is 1.33 bits per heavy atom. The van der Waals surface area contributed by atoms with Gasteiger partial charge in [0.1, 0.15) is 6.10 Å². The Morgan fingerprint density at radius 3 is 2.94 bits per heavy atom. The van der Waals surface area contributed by atoms with Crippen LogP contribution in [0.4, 0.5) is 0 Å². The first-order valence-electron chi connectivity index (χ1n) is 6.33. The Hall–Kier alpha value is -0.460. The average Bonchev–Trinajstić information content (AvgIpc) is 2.90. The Balaban J connectivity index is 1.87. The Bertz CT molecular complexity index is 280. The molecular formula is C13H23NO3S. The number of thiophene rings is 1. The van der Waals surface area contributed by atoms with Crippen LogP contribution in [0.1, 0.15) is 23.8 Å². The minimum Gasteiger partial charge on any atom is -0.386 e. The van der Waals surface area contributed by atoms with Crippen molar-refractivity contribution in [2.24, 2.45) is 0 Å². The normalized spacial score (nSPS) is 12.8. The van der Waals surface area contributed by atoms with E-state index < -0.39 is 0 Å². The van der Waals surface area contributed by atoms with Crippen molar-refractivity contribution in [3.8, 4) is 0 Å². The van der Waals surface area contributed by atoms with Crippen LogP contribution >= 0.6 is 11.3 Å². The molecule has 0 aliphatic rings. The standard InChI is InChI=1S/C13H23NO3S/c1-16-8-9-17-7-3-2-6-14-11-12(15)13-5-4-10-18-13/h4-5,10,12,14-15H,2-3,6-9,11H2,1H3. The first-order chi connectivity index (χ1) is 8.84. The third-order valence-corrected chi connectivity index (χ3v) is 3.51. The molecule has 18 heavy (non-hydrogen) atoms. The van der Waals surface area contributed by atoms with E-state index in [0.717, 1.165) is 30.9 Å². The number of ether oxygens (including phenoxy) is 2. The molecule has 0 aliphatic carbocycles. The number of methoxy groups -OCH3 is 1. The summed E-state index contributed by atoms with van der Waals surface area (Å²) < 4.78 is 10.2. The van der Waals surface area contributed by atoms with Gasteiger partial charge in [-0.1, -0.05) is 6.07 Å². The smallest absolute Gasteiger partial charge is 0.101 e. The number of rotatable bonds is 11. The molecule has 1 rings (SSSR count). The zero-order valence-electron chi connectivity index (χ0n) is 10.9. The largest absolute Gasteiger partial charge is 0.386 e. The van der Waals surface area contributed by atoms with Crippen LogP contribution in [0.2, 0.25) is 0 Å². The van der Waals surface area contributed by atoms with Gasteiger partial charge in [-0.3, -0.25) is 0 Å². The van der Waals surface area contributed by atoms with Crippen molar-refractivity contribution in [1.82, 2.24) is 5.32 Å². The summed E-state index contributed by atoms with van der Waals surface area (Å²) >= 11 is 1.59. The molecule has 0 spiro atoms. The van der Waals surface area contributed by atoms with Crippen molar-refractivity contribution in [2.45, 2.75) is 18.9 Å². The molecular weight excluding hydrogens is 250 g/mol. The molecule has 0 saturated heterocycles. The zero-order chi connectivity index (χ0) is 13.1. The molecule has 1 atom stereocenters. The number of hydrogen-bond acceptors (Lipinski definition) is 5. The van der Waals surface area contributed by atoms with Gasteiger partial charge in [-0.05, 0) is 30.8 Å². The van der Waals surface area contributed by atoms with Gasteiger partial charge in [0.2, 0.25) is 0 Å². The van der Waals surface area contributed by atoms with E-state index in [1.807, 2.05) is 17.5 Å². The van der Waals surface area contributed by atoms with Crippen molar-refractivity contribution in [1.29, 1.82) is 0 Å². The van der Waals surface area contributed by atoms with Gasteiger partial charge in [-0.15, -0.1) is 11.3 Å². The molecule has 0 aromatic carbocycles. The van der Waals surface area contributed by atoms with Crippen LogP contribution in [0.5, 0.6) is 0 Å². The summed E-state index contributed by atoms with van der Waals surface area (Å²) in [5, 5.41) is 15.1. The highest BCUT2D eigenvalue weighted by Crippen LogP contribution is 2.17. The predicted octanol–water partition coefficient (Wildman–Crippen LogP) is 1.81. The molecule has 0 fully saturated rings. The van der Waals surface area contributed by atoms with Crippen LogP contribution in [-0.4, -0.2) is 45.1 Å². The van der Waals surface area contributed by atoms with Gasteiger partial charge in [0, 0.05) is 25.1 Å². The summed E-state index contributed by atoms with van der Waals surface area (Å²) in [6.07, 6.45) is 1.71. The number of nitrogens with one attached hydrogen (secondary N) is 1. The topological polar surface area (TPSA) is 50.7 Å². The SMILES string of the molecule is COCCOCCCCNCC(O)c1cccs1. The first kappa shape index (κ1) is 15.6. The van der Waals surface area contributed by atoms with Crippen LogP contribution in [0.15, 0.2) is 17.5 Å². The first-order valence-corrected chi connectivity index (χ1v) is 7.21. The van der Waals surface area contributed by atoms with E-state index in [4.69, 9.17) is 9.47 Å². The molecule has 4 nitrogen and oxygen atoms in total. The second-order valence-electron chi connectivity index (χ2n) is 4.05. The molecule has 0 aliphatic heterocycles. The molecule has 1 heterocycles. The summed E-state index contributed by atoms with van der Waals surface area (Å²) in [6.45, 7) is 3.63. The number of unbranched alkanes of at least 4 members (excludes halogenated alkanes) is 1. The van der Waals surface area contributed by atoms with Gasteiger partial charge in [0.05, 0.1) is 13.2 Å². The van der Waals surface area contributed by atoms with Crippen molar-refractivity contribution < 1.29 is 14.6 Å². The maximum Gasteiger partial charge on any atom is 0.101 e. The van der Waals surface area contributed by atoms with E-state index in [1.165, 1.54) is 0 Å². The Morgan fingerprint density at radius 2 is 2.22 bits per heavy atom. The lowest BCUT2D eigenvalue weighted by atomic mass is 10.2. The van der Waals surface area contributed by atoms with Crippen molar-refractivity contribution >= 4 is 11.3 Å². The molecule has 104 valence electrons. The van der Waals surface area contributed by atoms with Crippen LogP contribution in [0.25, 0.3) is 0 Å². The van der Waals surface area contributed by atoms with Crippen LogP contribution in [0.3, 0.4) is 0 Å². The molecule has 0 amide bonds. The highest BCUT2D eigenvalue weighted by Gasteiger charge is 2.06. The van der Waals surface area contributed by atoms with Gasteiger partial charge in [0.25, 0.3) is 0 Å². The summed E-state index contributed by atoms with van der Waals surface area (Å²) in [4.78, 5) is 1.02. The van der Waals surface area contributed by atoms with Gasteiger partial charge >= 0.3 is 0 Å². The summed E-state index contributed by atoms with van der Waals surface area (Å²) in [6, 6.07) is 3.92. The second kappa shape index (κ2) is 10.5. The molecule has 0 bridgehead atoms. The summed E-state index contributed by atoms with van der Waals surface area (Å²) in [7, 11) is 1.67. The van der Waals surface area contributed by atoms with E-state index in [1.54, 1.807) is 18.4 Å². The van der Waals surface area contributed by atoms with Crippen molar-refractivity contribution in [3.05, 3.63) is 22.4 Å². The minimum absolute atomic E-state index is 0.386. The average molecular weight is 273 g/mol. The molecule has 1 aromatic rings. The van der Waals surface area contributed by atoms with Gasteiger partial charge in [0.15, 0.2) is 0 Å².